The van der Waals surface area contributed by atoms with Crippen LogP contribution in [0.25, 0.3) is 11.4 Å². The van der Waals surface area contributed by atoms with E-state index in [4.69, 9.17) is 9.47 Å². The molecule has 2 aromatic heterocycles. The number of alkyl carbamates (subject to hydrolysis) is 1. The third kappa shape index (κ3) is 6.10. The summed E-state index contributed by atoms with van der Waals surface area (Å²) in [6, 6.07) is 3.65. The number of nitrogens with one attached hydrogen (secondary N) is 1. The predicted octanol–water partition coefficient (Wildman–Crippen LogP) is 3.87. The van der Waals surface area contributed by atoms with Gasteiger partial charge in [0.1, 0.15) is 11.4 Å². The summed E-state index contributed by atoms with van der Waals surface area (Å²) in [4.78, 5) is 28.2. The third-order valence-electron chi connectivity index (χ3n) is 7.02. The summed E-state index contributed by atoms with van der Waals surface area (Å²) in [5.74, 6) is -0.0522. The normalized spacial score (nSPS) is 21.7. The standard InChI is InChI=1S/C25H35N5O5/c1-15-21(35-18-7-5-6-17(10-18)23(31)32)9-8-19(27-15)22-20(30(4)29-28-22)13-26-24(33)34-14-16-11-25(2,3)12-16/h8-9,16-18H,5-7,10-14H2,1-4H3,(H,26,33)(H,31,32)/t17?,18-/m0/s1. The van der Waals surface area contributed by atoms with Gasteiger partial charge in [0, 0.05) is 7.05 Å². The van der Waals surface area contributed by atoms with Gasteiger partial charge in [-0.05, 0) is 68.9 Å². The minimum Gasteiger partial charge on any atom is -0.489 e. The number of carbonyl (C=O) groups excluding carboxylic acids is 1. The zero-order chi connectivity index (χ0) is 25.2. The Bertz CT molecular complexity index is 1070. The van der Waals surface area contributed by atoms with Gasteiger partial charge in [0.2, 0.25) is 0 Å². The number of amides is 1. The van der Waals surface area contributed by atoms with Gasteiger partial charge in [0.15, 0.2) is 0 Å². The van der Waals surface area contributed by atoms with Crippen LogP contribution in [0.15, 0.2) is 12.1 Å². The maximum absolute atomic E-state index is 12.2. The molecule has 0 spiro atoms. The zero-order valence-corrected chi connectivity index (χ0v) is 20.9. The van der Waals surface area contributed by atoms with Crippen LogP contribution in [0.1, 0.15) is 63.8 Å². The number of carboxylic acids is 1. The predicted molar refractivity (Wildman–Crippen MR) is 128 cm³/mol. The van der Waals surface area contributed by atoms with Gasteiger partial charge in [0.05, 0.1) is 42.3 Å². The van der Waals surface area contributed by atoms with Crippen molar-refractivity contribution in [2.24, 2.45) is 24.3 Å². The Kier molecular flexibility index (Phi) is 7.28. The Balaban J connectivity index is 1.36. The average Bonchev–Trinajstić information content (AvgIpc) is 3.16. The van der Waals surface area contributed by atoms with E-state index in [0.717, 1.165) is 25.7 Å². The third-order valence-corrected chi connectivity index (χ3v) is 7.02. The Labute approximate surface area is 205 Å². The molecule has 2 fully saturated rings. The van der Waals surface area contributed by atoms with Crippen molar-refractivity contribution >= 4 is 12.1 Å². The maximum Gasteiger partial charge on any atom is 0.407 e. The van der Waals surface area contributed by atoms with Crippen molar-refractivity contribution in [2.45, 2.75) is 71.9 Å². The first-order valence-corrected chi connectivity index (χ1v) is 12.3. The lowest BCUT2D eigenvalue weighted by Crippen LogP contribution is -2.36. The number of hydrogen-bond donors (Lipinski definition) is 2. The van der Waals surface area contributed by atoms with Crippen LogP contribution in [-0.4, -0.2) is 49.9 Å². The monoisotopic (exact) mass is 485 g/mol. The summed E-state index contributed by atoms with van der Waals surface area (Å²) in [6.45, 7) is 6.94. The molecular weight excluding hydrogens is 450 g/mol. The number of aliphatic carboxylic acids is 1. The van der Waals surface area contributed by atoms with E-state index in [-0.39, 0.29) is 18.6 Å². The molecule has 0 saturated heterocycles. The Morgan fingerprint density at radius 2 is 2.03 bits per heavy atom. The van der Waals surface area contributed by atoms with Gasteiger partial charge < -0.3 is 19.9 Å². The SMILES string of the molecule is Cc1nc(-c2nnn(C)c2CNC(=O)OCC2CC(C)(C)C2)ccc1O[C@H]1CCCC(C(=O)O)C1. The quantitative estimate of drug-likeness (QED) is 0.577. The van der Waals surface area contributed by atoms with E-state index in [1.54, 1.807) is 11.7 Å². The summed E-state index contributed by atoms with van der Waals surface area (Å²) in [5.41, 5.74) is 2.95. The number of hydrogen-bond acceptors (Lipinski definition) is 7. The lowest BCUT2D eigenvalue weighted by molar-refractivity contribution is -0.143. The molecular formula is C25H35N5O5. The summed E-state index contributed by atoms with van der Waals surface area (Å²) >= 11 is 0. The minimum absolute atomic E-state index is 0.135. The Morgan fingerprint density at radius 1 is 1.26 bits per heavy atom. The van der Waals surface area contributed by atoms with Crippen molar-refractivity contribution < 1.29 is 24.2 Å². The van der Waals surface area contributed by atoms with Gasteiger partial charge in [-0.2, -0.15) is 0 Å². The van der Waals surface area contributed by atoms with Crippen molar-refractivity contribution in [1.82, 2.24) is 25.3 Å². The van der Waals surface area contributed by atoms with E-state index in [0.29, 0.717) is 59.3 Å². The second kappa shape index (κ2) is 10.2. The molecule has 2 atom stereocenters. The highest BCUT2D eigenvalue weighted by atomic mass is 16.5. The number of pyridine rings is 1. The highest BCUT2D eigenvalue weighted by Gasteiger charge is 2.36. The van der Waals surface area contributed by atoms with Crippen LogP contribution in [0.3, 0.4) is 0 Å². The van der Waals surface area contributed by atoms with Crippen LogP contribution in [0, 0.1) is 24.2 Å². The van der Waals surface area contributed by atoms with E-state index in [9.17, 15) is 14.7 Å². The molecule has 1 amide bonds. The molecule has 0 radical (unpaired) electrons. The Morgan fingerprint density at radius 3 is 2.71 bits per heavy atom. The first kappa shape index (κ1) is 24.9. The maximum atomic E-state index is 12.2. The van der Waals surface area contributed by atoms with Crippen molar-refractivity contribution in [3.63, 3.8) is 0 Å². The topological polar surface area (TPSA) is 128 Å². The molecule has 2 N–H and O–H groups in total. The number of nitrogens with zero attached hydrogens (tertiary/aromatic N) is 4. The van der Waals surface area contributed by atoms with Crippen LogP contribution in [0.2, 0.25) is 0 Å². The van der Waals surface area contributed by atoms with Crippen LogP contribution in [0.5, 0.6) is 5.75 Å². The Hall–Kier alpha value is -3.17. The molecule has 0 bridgehead atoms. The number of carbonyl (C=O) groups is 2. The highest BCUT2D eigenvalue weighted by molar-refractivity contribution is 5.70. The largest absolute Gasteiger partial charge is 0.489 e. The molecule has 1 unspecified atom stereocenters. The zero-order valence-electron chi connectivity index (χ0n) is 20.9. The molecule has 190 valence electrons. The molecule has 35 heavy (non-hydrogen) atoms. The minimum atomic E-state index is -0.761. The number of carboxylic acid groups (broad SMARTS) is 1. The van der Waals surface area contributed by atoms with Gasteiger partial charge >= 0.3 is 12.1 Å². The van der Waals surface area contributed by atoms with E-state index in [2.05, 4.69) is 34.5 Å². The molecule has 2 aliphatic carbocycles. The van der Waals surface area contributed by atoms with Crippen LogP contribution in [0.4, 0.5) is 4.79 Å². The molecule has 10 heteroatoms. The van der Waals surface area contributed by atoms with Crippen molar-refractivity contribution in [2.75, 3.05) is 6.61 Å². The van der Waals surface area contributed by atoms with E-state index in [1.807, 2.05) is 19.1 Å². The van der Waals surface area contributed by atoms with Crippen LogP contribution >= 0.6 is 0 Å². The molecule has 10 nitrogen and oxygen atoms in total. The molecule has 2 aromatic rings. The molecule has 2 heterocycles. The number of rotatable bonds is 8. The van der Waals surface area contributed by atoms with Gasteiger partial charge in [-0.1, -0.05) is 19.1 Å². The number of aromatic nitrogens is 4. The summed E-state index contributed by atoms with van der Waals surface area (Å²) in [7, 11) is 1.77. The molecule has 0 aromatic carbocycles. The fourth-order valence-corrected chi connectivity index (χ4v) is 5.26. The lowest BCUT2D eigenvalue weighted by atomic mass is 9.65. The summed E-state index contributed by atoms with van der Waals surface area (Å²) in [6.07, 6.45) is 4.42. The first-order valence-electron chi connectivity index (χ1n) is 12.3. The second-order valence-corrected chi connectivity index (χ2v) is 10.6. The van der Waals surface area contributed by atoms with Crippen molar-refractivity contribution in [3.05, 3.63) is 23.5 Å². The highest BCUT2D eigenvalue weighted by Crippen LogP contribution is 2.44. The molecule has 4 rings (SSSR count). The van der Waals surface area contributed by atoms with Gasteiger partial charge in [-0.25, -0.2) is 14.5 Å². The van der Waals surface area contributed by atoms with E-state index < -0.39 is 12.1 Å². The summed E-state index contributed by atoms with van der Waals surface area (Å²) in [5, 5.41) is 20.5. The molecule has 0 aliphatic heterocycles. The van der Waals surface area contributed by atoms with Crippen LogP contribution < -0.4 is 10.1 Å². The van der Waals surface area contributed by atoms with Gasteiger partial charge in [-0.15, -0.1) is 5.10 Å². The average molecular weight is 486 g/mol. The second-order valence-electron chi connectivity index (χ2n) is 10.6. The van der Waals surface area contributed by atoms with Crippen molar-refractivity contribution in [3.8, 4) is 17.1 Å². The molecule has 2 saturated carbocycles. The van der Waals surface area contributed by atoms with E-state index >= 15 is 0 Å². The fourth-order valence-electron chi connectivity index (χ4n) is 5.26. The number of ether oxygens (including phenoxy) is 2. The van der Waals surface area contributed by atoms with Crippen LogP contribution in [-0.2, 0) is 23.1 Å². The first-order chi connectivity index (χ1) is 16.6. The molecule has 2 aliphatic rings. The van der Waals surface area contributed by atoms with Crippen molar-refractivity contribution in [1.29, 1.82) is 0 Å². The lowest BCUT2D eigenvalue weighted by Gasteiger charge is -2.42. The fraction of sp³-hybridized carbons (Fsp3) is 0.640. The smallest absolute Gasteiger partial charge is 0.407 e. The number of aryl methyl sites for hydroxylation is 2. The van der Waals surface area contributed by atoms with E-state index in [1.165, 1.54) is 0 Å². The summed E-state index contributed by atoms with van der Waals surface area (Å²) < 4.78 is 13.1. The van der Waals surface area contributed by atoms with Gasteiger partial charge in [-0.3, -0.25) is 4.79 Å². The van der Waals surface area contributed by atoms with Gasteiger partial charge in [0.25, 0.3) is 0 Å².